The summed E-state index contributed by atoms with van der Waals surface area (Å²) in [4.78, 5) is 20.9. The highest BCUT2D eigenvalue weighted by Gasteiger charge is 2.05. The molecule has 0 bridgehead atoms. The predicted molar refractivity (Wildman–Crippen MR) is 81.4 cm³/mol. The van der Waals surface area contributed by atoms with Gasteiger partial charge in [0.2, 0.25) is 0 Å². The summed E-state index contributed by atoms with van der Waals surface area (Å²) < 4.78 is 2.31. The molecule has 3 rings (SSSR count). The molecule has 0 unspecified atom stereocenters. The molecule has 0 amide bonds. The first kappa shape index (κ1) is 12.8. The average molecular weight is 286 g/mol. The first-order valence-electron chi connectivity index (χ1n) is 6.39. The van der Waals surface area contributed by atoms with Crippen molar-refractivity contribution in [3.8, 4) is 0 Å². The molecule has 0 spiro atoms. The second-order valence-electron chi connectivity index (χ2n) is 4.39. The van der Waals surface area contributed by atoms with Crippen LogP contribution in [0.3, 0.4) is 0 Å². The molecule has 0 saturated heterocycles. The van der Waals surface area contributed by atoms with E-state index < -0.39 is 0 Å². The number of hydrogen-bond donors (Lipinski definition) is 1. The number of nitrogens with one attached hydrogen (secondary N) is 1. The van der Waals surface area contributed by atoms with E-state index in [0.717, 1.165) is 23.4 Å². The smallest absolute Gasteiger partial charge is 0.271 e. The molecule has 1 N–H and O–H groups in total. The van der Waals surface area contributed by atoms with Crippen LogP contribution in [0.15, 0.2) is 40.9 Å². The van der Waals surface area contributed by atoms with Crippen LogP contribution in [0.2, 0.25) is 0 Å². The normalized spacial score (nSPS) is 10.8. The molecule has 0 aliphatic rings. The van der Waals surface area contributed by atoms with E-state index in [1.54, 1.807) is 17.1 Å². The lowest BCUT2D eigenvalue weighted by atomic mass is 10.3. The Bertz CT molecular complexity index is 776. The van der Waals surface area contributed by atoms with Crippen LogP contribution in [0.5, 0.6) is 0 Å². The number of anilines is 1. The van der Waals surface area contributed by atoms with E-state index in [9.17, 15) is 4.79 Å². The fourth-order valence-electron chi connectivity index (χ4n) is 1.99. The Kier molecular flexibility index (Phi) is 3.47. The standard InChI is InChI=1S/C14H14N4OS/c1-2-15-12-4-3-10(7-16-12)8-18-9-17-11-5-6-20-13(11)14(18)19/h3-7,9H,2,8H2,1H3,(H,15,16). The molecule has 3 aromatic heterocycles. The highest BCUT2D eigenvalue weighted by molar-refractivity contribution is 7.17. The Labute approximate surface area is 119 Å². The van der Waals surface area contributed by atoms with Gasteiger partial charge in [-0.05, 0) is 30.0 Å². The Morgan fingerprint density at radius 1 is 1.30 bits per heavy atom. The number of fused-ring (bicyclic) bond motifs is 1. The minimum atomic E-state index is 0.000703. The molecule has 0 aromatic carbocycles. The van der Waals surface area contributed by atoms with Gasteiger partial charge in [0.25, 0.3) is 5.56 Å². The Balaban J connectivity index is 1.88. The highest BCUT2D eigenvalue weighted by Crippen LogP contribution is 2.13. The van der Waals surface area contributed by atoms with E-state index in [0.29, 0.717) is 11.2 Å². The van der Waals surface area contributed by atoms with Crippen molar-refractivity contribution in [2.24, 2.45) is 0 Å². The zero-order chi connectivity index (χ0) is 13.9. The summed E-state index contributed by atoms with van der Waals surface area (Å²) in [6.07, 6.45) is 3.37. The van der Waals surface area contributed by atoms with Gasteiger partial charge in [-0.25, -0.2) is 9.97 Å². The number of nitrogens with zero attached hydrogens (tertiary/aromatic N) is 3. The van der Waals surface area contributed by atoms with Crippen molar-refractivity contribution in [2.75, 3.05) is 11.9 Å². The largest absolute Gasteiger partial charge is 0.370 e. The molecular weight excluding hydrogens is 272 g/mol. The zero-order valence-corrected chi connectivity index (χ0v) is 11.9. The summed E-state index contributed by atoms with van der Waals surface area (Å²) in [6, 6.07) is 5.75. The van der Waals surface area contributed by atoms with E-state index >= 15 is 0 Å². The van der Waals surface area contributed by atoms with Gasteiger partial charge in [-0.15, -0.1) is 11.3 Å². The molecule has 0 radical (unpaired) electrons. The van der Waals surface area contributed by atoms with E-state index in [1.165, 1.54) is 11.3 Å². The van der Waals surface area contributed by atoms with Crippen LogP contribution in [-0.4, -0.2) is 21.1 Å². The third kappa shape index (κ3) is 2.42. The Hall–Kier alpha value is -2.21. The van der Waals surface area contributed by atoms with E-state index in [-0.39, 0.29) is 5.56 Å². The fourth-order valence-corrected chi connectivity index (χ4v) is 2.78. The summed E-state index contributed by atoms with van der Waals surface area (Å²) in [5.74, 6) is 0.843. The van der Waals surface area contributed by atoms with Gasteiger partial charge < -0.3 is 5.32 Å². The van der Waals surface area contributed by atoms with E-state index in [1.807, 2.05) is 30.5 Å². The number of hydrogen-bond acceptors (Lipinski definition) is 5. The lowest BCUT2D eigenvalue weighted by Gasteiger charge is -2.06. The van der Waals surface area contributed by atoms with Crippen LogP contribution in [0.4, 0.5) is 5.82 Å². The van der Waals surface area contributed by atoms with Gasteiger partial charge in [-0.3, -0.25) is 9.36 Å². The molecule has 20 heavy (non-hydrogen) atoms. The maximum atomic E-state index is 12.3. The van der Waals surface area contributed by atoms with Gasteiger partial charge in [0.15, 0.2) is 0 Å². The SMILES string of the molecule is CCNc1ccc(Cn2cnc3ccsc3c2=O)cn1. The molecule has 0 fully saturated rings. The Morgan fingerprint density at radius 2 is 2.20 bits per heavy atom. The minimum absolute atomic E-state index is 0.000703. The zero-order valence-electron chi connectivity index (χ0n) is 11.0. The lowest BCUT2D eigenvalue weighted by Crippen LogP contribution is -2.20. The average Bonchev–Trinajstić information content (AvgIpc) is 2.94. The highest BCUT2D eigenvalue weighted by atomic mass is 32.1. The van der Waals surface area contributed by atoms with Gasteiger partial charge in [0, 0.05) is 12.7 Å². The molecular formula is C14H14N4OS. The van der Waals surface area contributed by atoms with Gasteiger partial charge in [-0.1, -0.05) is 6.07 Å². The van der Waals surface area contributed by atoms with Gasteiger partial charge in [0.1, 0.15) is 10.5 Å². The molecule has 0 saturated carbocycles. The molecule has 0 aliphatic carbocycles. The topological polar surface area (TPSA) is 59.8 Å². The number of aromatic nitrogens is 3. The summed E-state index contributed by atoms with van der Waals surface area (Å²) in [5, 5.41) is 5.03. The van der Waals surface area contributed by atoms with Gasteiger partial charge in [0.05, 0.1) is 18.4 Å². The van der Waals surface area contributed by atoms with Gasteiger partial charge in [-0.2, -0.15) is 0 Å². The van der Waals surface area contributed by atoms with Crippen molar-refractivity contribution in [1.82, 2.24) is 14.5 Å². The van der Waals surface area contributed by atoms with Crippen LogP contribution >= 0.6 is 11.3 Å². The van der Waals surface area contributed by atoms with Crippen molar-refractivity contribution in [2.45, 2.75) is 13.5 Å². The van der Waals surface area contributed by atoms with Crippen LogP contribution in [0.25, 0.3) is 10.2 Å². The molecule has 102 valence electrons. The second kappa shape index (κ2) is 5.42. The van der Waals surface area contributed by atoms with Crippen LogP contribution in [0.1, 0.15) is 12.5 Å². The predicted octanol–water partition coefficient (Wildman–Crippen LogP) is 2.33. The summed E-state index contributed by atoms with van der Waals surface area (Å²) in [7, 11) is 0. The molecule has 3 aromatic rings. The Morgan fingerprint density at radius 3 is 2.95 bits per heavy atom. The van der Waals surface area contributed by atoms with E-state index in [2.05, 4.69) is 15.3 Å². The van der Waals surface area contributed by atoms with Gasteiger partial charge >= 0.3 is 0 Å². The third-order valence-electron chi connectivity index (χ3n) is 2.97. The maximum Gasteiger partial charge on any atom is 0.271 e. The summed E-state index contributed by atoms with van der Waals surface area (Å²) in [5.41, 5.74) is 1.74. The molecule has 0 aliphatic heterocycles. The number of thiophene rings is 1. The van der Waals surface area contributed by atoms with Crippen molar-refractivity contribution in [3.05, 3.63) is 52.0 Å². The third-order valence-corrected chi connectivity index (χ3v) is 3.86. The molecule has 0 atom stereocenters. The minimum Gasteiger partial charge on any atom is -0.370 e. The quantitative estimate of drug-likeness (QED) is 0.799. The second-order valence-corrected chi connectivity index (χ2v) is 5.31. The summed E-state index contributed by atoms with van der Waals surface area (Å²) >= 11 is 1.43. The van der Waals surface area contributed by atoms with Crippen LogP contribution in [0, 0.1) is 0 Å². The fraction of sp³-hybridized carbons (Fsp3) is 0.214. The van der Waals surface area contributed by atoms with Crippen molar-refractivity contribution >= 4 is 27.4 Å². The number of pyridine rings is 1. The summed E-state index contributed by atoms with van der Waals surface area (Å²) in [6.45, 7) is 3.35. The molecule has 5 nitrogen and oxygen atoms in total. The number of rotatable bonds is 4. The van der Waals surface area contributed by atoms with Crippen molar-refractivity contribution in [3.63, 3.8) is 0 Å². The van der Waals surface area contributed by atoms with Crippen LogP contribution in [-0.2, 0) is 6.54 Å². The first-order chi connectivity index (χ1) is 9.78. The maximum absolute atomic E-state index is 12.3. The van der Waals surface area contributed by atoms with Crippen molar-refractivity contribution in [1.29, 1.82) is 0 Å². The molecule has 3 heterocycles. The first-order valence-corrected chi connectivity index (χ1v) is 7.27. The van der Waals surface area contributed by atoms with E-state index in [4.69, 9.17) is 0 Å². The van der Waals surface area contributed by atoms with Crippen molar-refractivity contribution < 1.29 is 0 Å². The lowest BCUT2D eigenvalue weighted by molar-refractivity contribution is 0.747. The van der Waals surface area contributed by atoms with Crippen LogP contribution < -0.4 is 10.9 Å². The molecule has 6 heteroatoms. The monoisotopic (exact) mass is 286 g/mol.